The van der Waals surface area contributed by atoms with E-state index in [2.05, 4.69) is 66.9 Å². The molecular weight excluding hydrogens is 362 g/mol. The number of rotatable bonds is 4. The number of aryl methyl sites for hydroxylation is 2. The second-order valence-electron chi connectivity index (χ2n) is 8.84. The highest BCUT2D eigenvalue weighted by molar-refractivity contribution is 5.74. The van der Waals surface area contributed by atoms with Gasteiger partial charge in [-0.05, 0) is 54.0 Å². The molecule has 0 saturated carbocycles. The van der Waals surface area contributed by atoms with Crippen LogP contribution in [0.15, 0.2) is 30.6 Å². The van der Waals surface area contributed by atoms with Crippen molar-refractivity contribution in [2.75, 3.05) is 37.6 Å². The molecule has 1 aliphatic rings. The van der Waals surface area contributed by atoms with E-state index in [4.69, 9.17) is 0 Å². The van der Waals surface area contributed by atoms with E-state index in [-0.39, 0.29) is 11.4 Å². The largest absolute Gasteiger partial charge is 0.338 e. The quantitative estimate of drug-likeness (QED) is 0.861. The molecule has 0 aliphatic carbocycles. The highest BCUT2D eigenvalue weighted by Crippen LogP contribution is 2.27. The third-order valence-electron chi connectivity index (χ3n) is 5.62. The molecule has 1 N–H and O–H groups in total. The van der Waals surface area contributed by atoms with Crippen molar-refractivity contribution in [2.45, 2.75) is 46.5 Å². The molecule has 1 aliphatic heterocycles. The molecule has 29 heavy (non-hydrogen) atoms. The normalized spacial score (nSPS) is 14.8. The molecule has 2 heterocycles. The van der Waals surface area contributed by atoms with Crippen LogP contribution in [0.2, 0.25) is 0 Å². The van der Waals surface area contributed by atoms with Gasteiger partial charge in [-0.2, -0.15) is 0 Å². The highest BCUT2D eigenvalue weighted by Gasteiger charge is 2.22. The van der Waals surface area contributed by atoms with Gasteiger partial charge in [0, 0.05) is 45.1 Å². The van der Waals surface area contributed by atoms with Crippen molar-refractivity contribution in [3.05, 3.63) is 52.8 Å². The number of hydrogen-bond donors (Lipinski definition) is 1. The van der Waals surface area contributed by atoms with Crippen LogP contribution in [0.3, 0.4) is 0 Å². The summed E-state index contributed by atoms with van der Waals surface area (Å²) in [6.07, 6.45) is 4.35. The number of carbonyl (C=O) groups is 1. The molecule has 0 spiro atoms. The fourth-order valence-electron chi connectivity index (χ4n) is 3.79. The molecule has 1 saturated heterocycles. The number of urea groups is 1. The summed E-state index contributed by atoms with van der Waals surface area (Å²) in [6.45, 7) is 14.6. The summed E-state index contributed by atoms with van der Waals surface area (Å²) in [5.41, 5.74) is 5.46. The summed E-state index contributed by atoms with van der Waals surface area (Å²) in [5, 5.41) is 3.09. The molecule has 1 aromatic heterocycles. The summed E-state index contributed by atoms with van der Waals surface area (Å²) in [6, 6.07) is 6.40. The fourth-order valence-corrected chi connectivity index (χ4v) is 3.79. The summed E-state index contributed by atoms with van der Waals surface area (Å²) in [7, 11) is 0. The number of piperazine rings is 1. The molecule has 1 fully saturated rings. The first-order valence-electron chi connectivity index (χ1n) is 10.4. The average Bonchev–Trinajstić information content (AvgIpc) is 2.70. The third-order valence-corrected chi connectivity index (χ3v) is 5.62. The van der Waals surface area contributed by atoms with Crippen LogP contribution < -0.4 is 10.2 Å². The van der Waals surface area contributed by atoms with Gasteiger partial charge in [-0.15, -0.1) is 0 Å². The van der Waals surface area contributed by atoms with E-state index < -0.39 is 0 Å². The van der Waals surface area contributed by atoms with Gasteiger partial charge in [-0.3, -0.25) is 0 Å². The maximum absolute atomic E-state index is 12.6. The number of amides is 2. The highest BCUT2D eigenvalue weighted by atomic mass is 16.2. The van der Waals surface area contributed by atoms with Crippen molar-refractivity contribution in [1.29, 1.82) is 0 Å². The maximum Gasteiger partial charge on any atom is 0.317 e. The number of nitrogens with one attached hydrogen (secondary N) is 1. The topological polar surface area (TPSA) is 61.4 Å². The molecule has 0 bridgehead atoms. The minimum absolute atomic E-state index is 0.0141. The zero-order valence-corrected chi connectivity index (χ0v) is 18.3. The third kappa shape index (κ3) is 5.25. The Hall–Kier alpha value is -2.63. The van der Waals surface area contributed by atoms with Gasteiger partial charge in [0.05, 0.1) is 0 Å². The first-order chi connectivity index (χ1) is 13.8. The van der Waals surface area contributed by atoms with Crippen LogP contribution in [0.1, 0.15) is 43.0 Å². The SMILES string of the molecule is Cc1cc(C(C)(C)C)cc(C)c1CCNC(=O)N1CCN(c2ncccn2)CC1. The van der Waals surface area contributed by atoms with Gasteiger partial charge in [-0.1, -0.05) is 32.9 Å². The Labute approximate surface area is 174 Å². The molecule has 0 unspecified atom stereocenters. The lowest BCUT2D eigenvalue weighted by Crippen LogP contribution is -2.52. The molecule has 0 radical (unpaired) electrons. The van der Waals surface area contributed by atoms with Gasteiger partial charge < -0.3 is 15.1 Å². The monoisotopic (exact) mass is 395 g/mol. The zero-order chi connectivity index (χ0) is 21.0. The van der Waals surface area contributed by atoms with E-state index in [0.29, 0.717) is 19.6 Å². The predicted molar refractivity (Wildman–Crippen MR) is 118 cm³/mol. The van der Waals surface area contributed by atoms with Crippen LogP contribution in [-0.4, -0.2) is 53.6 Å². The second-order valence-corrected chi connectivity index (χ2v) is 8.84. The molecule has 0 atom stereocenters. The smallest absolute Gasteiger partial charge is 0.317 e. The van der Waals surface area contributed by atoms with Crippen LogP contribution in [-0.2, 0) is 11.8 Å². The lowest BCUT2D eigenvalue weighted by Gasteiger charge is -2.34. The van der Waals surface area contributed by atoms with E-state index in [0.717, 1.165) is 25.5 Å². The molecule has 3 rings (SSSR count). The van der Waals surface area contributed by atoms with Gasteiger partial charge in [-0.25, -0.2) is 14.8 Å². The molecule has 6 nitrogen and oxygen atoms in total. The molecular formula is C23H33N5O. The van der Waals surface area contributed by atoms with Crippen molar-refractivity contribution in [1.82, 2.24) is 20.2 Å². The van der Waals surface area contributed by atoms with Crippen LogP contribution in [0.4, 0.5) is 10.7 Å². The minimum Gasteiger partial charge on any atom is -0.338 e. The Morgan fingerprint density at radius 2 is 1.62 bits per heavy atom. The van der Waals surface area contributed by atoms with Crippen LogP contribution in [0.5, 0.6) is 0 Å². The molecule has 1 aromatic carbocycles. The van der Waals surface area contributed by atoms with E-state index in [9.17, 15) is 4.79 Å². The van der Waals surface area contributed by atoms with E-state index in [1.165, 1.54) is 22.3 Å². The summed E-state index contributed by atoms with van der Waals surface area (Å²) in [5.74, 6) is 0.734. The Balaban J connectivity index is 1.49. The average molecular weight is 396 g/mol. The van der Waals surface area contributed by atoms with E-state index in [1.54, 1.807) is 12.4 Å². The fraction of sp³-hybridized carbons (Fsp3) is 0.522. The number of hydrogen-bond acceptors (Lipinski definition) is 4. The zero-order valence-electron chi connectivity index (χ0n) is 18.3. The van der Waals surface area contributed by atoms with Crippen molar-refractivity contribution in [3.63, 3.8) is 0 Å². The first kappa shape index (κ1) is 21.1. The summed E-state index contributed by atoms with van der Waals surface area (Å²) >= 11 is 0. The lowest BCUT2D eigenvalue weighted by atomic mass is 9.83. The Morgan fingerprint density at radius 1 is 1.03 bits per heavy atom. The standard InChI is InChI=1S/C23H33N5O/c1-17-15-19(23(3,4)5)16-18(2)20(17)7-10-26-22(29)28-13-11-27(12-14-28)21-24-8-6-9-25-21/h6,8-9,15-16H,7,10-14H2,1-5H3,(H,26,29). The van der Waals surface area contributed by atoms with Crippen LogP contribution in [0.25, 0.3) is 0 Å². The Kier molecular flexibility index (Phi) is 6.40. The number of carbonyl (C=O) groups excluding carboxylic acids is 1. The molecule has 2 aromatic rings. The number of aromatic nitrogens is 2. The summed E-state index contributed by atoms with van der Waals surface area (Å²) < 4.78 is 0. The first-order valence-corrected chi connectivity index (χ1v) is 10.4. The van der Waals surface area contributed by atoms with Crippen molar-refractivity contribution >= 4 is 12.0 Å². The second kappa shape index (κ2) is 8.80. The predicted octanol–water partition coefficient (Wildman–Crippen LogP) is 3.47. The van der Waals surface area contributed by atoms with Gasteiger partial charge in [0.2, 0.25) is 5.95 Å². The summed E-state index contributed by atoms with van der Waals surface area (Å²) in [4.78, 5) is 25.1. The van der Waals surface area contributed by atoms with Crippen LogP contribution in [0, 0.1) is 13.8 Å². The molecule has 2 amide bonds. The number of nitrogens with zero attached hydrogens (tertiary/aromatic N) is 4. The van der Waals surface area contributed by atoms with Gasteiger partial charge in [0.25, 0.3) is 0 Å². The van der Waals surface area contributed by atoms with E-state index >= 15 is 0 Å². The minimum atomic E-state index is 0.0141. The molecule has 6 heteroatoms. The van der Waals surface area contributed by atoms with Gasteiger partial charge in [0.1, 0.15) is 0 Å². The molecule has 156 valence electrons. The Bertz CT molecular complexity index is 813. The maximum atomic E-state index is 12.6. The van der Waals surface area contributed by atoms with Crippen LogP contribution >= 0.6 is 0 Å². The Morgan fingerprint density at radius 3 is 2.17 bits per heavy atom. The van der Waals surface area contributed by atoms with Crippen molar-refractivity contribution in [3.8, 4) is 0 Å². The van der Waals surface area contributed by atoms with Gasteiger partial charge in [0.15, 0.2) is 0 Å². The lowest BCUT2D eigenvalue weighted by molar-refractivity contribution is 0.194. The number of anilines is 1. The van der Waals surface area contributed by atoms with Crippen molar-refractivity contribution in [2.24, 2.45) is 0 Å². The number of benzene rings is 1. The van der Waals surface area contributed by atoms with Crippen molar-refractivity contribution < 1.29 is 4.79 Å². The van der Waals surface area contributed by atoms with Gasteiger partial charge >= 0.3 is 6.03 Å². The van der Waals surface area contributed by atoms with E-state index in [1.807, 2.05) is 11.0 Å².